The van der Waals surface area contributed by atoms with Crippen LogP contribution in [0.15, 0.2) is 0 Å². The van der Waals surface area contributed by atoms with Crippen molar-refractivity contribution >= 4 is 15.9 Å². The number of aromatic amines is 1. The molecule has 1 atom stereocenters. The van der Waals surface area contributed by atoms with E-state index in [1.165, 1.54) is 4.31 Å². The number of carbonyl (C=O) groups is 1. The summed E-state index contributed by atoms with van der Waals surface area (Å²) in [7, 11) is -3.22. The van der Waals surface area contributed by atoms with Gasteiger partial charge >= 0.3 is 0 Å². The number of nitrogens with zero attached hydrogens (tertiary/aromatic N) is 2. The largest absolute Gasteiger partial charge is 0.349 e. The lowest BCUT2D eigenvalue weighted by atomic mass is 9.99. The van der Waals surface area contributed by atoms with E-state index in [0.717, 1.165) is 30.1 Å². The number of aromatic nitrogens is 2. The van der Waals surface area contributed by atoms with Crippen molar-refractivity contribution in [2.75, 3.05) is 18.8 Å². The van der Waals surface area contributed by atoms with Crippen LogP contribution in [-0.4, -0.2) is 47.4 Å². The number of hydrogen-bond donors (Lipinski definition) is 2. The summed E-state index contributed by atoms with van der Waals surface area (Å²) in [6.07, 6.45) is 1.44. The van der Waals surface area contributed by atoms with Gasteiger partial charge in [0.2, 0.25) is 15.9 Å². The van der Waals surface area contributed by atoms with Gasteiger partial charge in [0, 0.05) is 18.8 Å². The van der Waals surface area contributed by atoms with E-state index >= 15 is 0 Å². The van der Waals surface area contributed by atoms with Crippen LogP contribution in [0.1, 0.15) is 37.0 Å². The summed E-state index contributed by atoms with van der Waals surface area (Å²) < 4.78 is 25.3. The smallest absolute Gasteiger partial charge is 0.224 e. The van der Waals surface area contributed by atoms with Gasteiger partial charge in [-0.05, 0) is 33.6 Å². The zero-order valence-electron chi connectivity index (χ0n) is 13.3. The normalized spacial score (nSPS) is 20.0. The molecule has 1 unspecified atom stereocenters. The molecule has 1 fully saturated rings. The Bertz CT molecular complexity index is 619. The van der Waals surface area contributed by atoms with Crippen molar-refractivity contribution < 1.29 is 13.2 Å². The molecule has 22 heavy (non-hydrogen) atoms. The number of rotatable bonds is 5. The van der Waals surface area contributed by atoms with Gasteiger partial charge in [0.15, 0.2) is 0 Å². The predicted molar refractivity (Wildman–Crippen MR) is 83.7 cm³/mol. The summed E-state index contributed by atoms with van der Waals surface area (Å²) in [5.74, 6) is 0.402. The van der Waals surface area contributed by atoms with Gasteiger partial charge < -0.3 is 10.3 Å². The van der Waals surface area contributed by atoms with E-state index in [2.05, 4.69) is 15.3 Å². The number of hydrogen-bond acceptors (Lipinski definition) is 4. The Morgan fingerprint density at radius 3 is 2.77 bits per heavy atom. The molecule has 2 rings (SSSR count). The molecule has 1 aliphatic rings. The third kappa shape index (κ3) is 3.86. The van der Waals surface area contributed by atoms with Gasteiger partial charge in [-0.1, -0.05) is 0 Å². The van der Waals surface area contributed by atoms with Crippen molar-refractivity contribution in [2.45, 2.75) is 40.2 Å². The fourth-order valence-electron chi connectivity index (χ4n) is 2.61. The Morgan fingerprint density at radius 1 is 1.45 bits per heavy atom. The standard InChI is InChI=1S/C14H24N4O3S/c1-4-22(20,21)18-7-5-6-12(9-18)14(19)15-8-13-16-10(2)11(3)17-13/h12H,4-9H2,1-3H3,(H,15,19)(H,16,17). The van der Waals surface area contributed by atoms with E-state index in [0.29, 0.717) is 13.1 Å². The zero-order chi connectivity index (χ0) is 16.3. The highest BCUT2D eigenvalue weighted by atomic mass is 32.2. The predicted octanol–water partition coefficient (Wildman–Crippen LogP) is 0.704. The van der Waals surface area contributed by atoms with Gasteiger partial charge in [-0.15, -0.1) is 0 Å². The molecule has 1 aromatic heterocycles. The van der Waals surface area contributed by atoms with Crippen LogP contribution >= 0.6 is 0 Å². The van der Waals surface area contributed by atoms with Gasteiger partial charge in [0.05, 0.1) is 23.9 Å². The molecule has 2 heterocycles. The molecular weight excluding hydrogens is 304 g/mol. The highest BCUT2D eigenvalue weighted by Crippen LogP contribution is 2.19. The van der Waals surface area contributed by atoms with Crippen LogP contribution in [0.3, 0.4) is 0 Å². The Hall–Kier alpha value is -1.41. The number of sulfonamides is 1. The van der Waals surface area contributed by atoms with Gasteiger partial charge in [0.1, 0.15) is 5.82 Å². The van der Waals surface area contributed by atoms with E-state index in [9.17, 15) is 13.2 Å². The molecule has 1 aliphatic heterocycles. The molecule has 0 aliphatic carbocycles. The first kappa shape index (κ1) is 17.0. The van der Waals surface area contributed by atoms with Gasteiger partial charge in [-0.2, -0.15) is 0 Å². The number of nitrogens with one attached hydrogen (secondary N) is 2. The second kappa shape index (κ2) is 6.78. The summed E-state index contributed by atoms with van der Waals surface area (Å²) in [6.45, 7) is 6.59. The lowest BCUT2D eigenvalue weighted by Gasteiger charge is -2.30. The molecular formula is C14H24N4O3S. The van der Waals surface area contributed by atoms with E-state index in [-0.39, 0.29) is 24.1 Å². The lowest BCUT2D eigenvalue weighted by Crippen LogP contribution is -2.45. The first-order chi connectivity index (χ1) is 10.3. The number of piperidine rings is 1. The first-order valence-electron chi connectivity index (χ1n) is 7.61. The second-order valence-corrected chi connectivity index (χ2v) is 7.97. The molecule has 0 bridgehead atoms. The van der Waals surface area contributed by atoms with Gasteiger partial charge in [0.25, 0.3) is 0 Å². The van der Waals surface area contributed by atoms with Gasteiger partial charge in [-0.3, -0.25) is 4.79 Å². The molecule has 0 spiro atoms. The van der Waals surface area contributed by atoms with Crippen LogP contribution in [0.2, 0.25) is 0 Å². The number of H-pyrrole nitrogens is 1. The molecule has 1 amide bonds. The summed E-state index contributed by atoms with van der Waals surface area (Å²) in [5, 5.41) is 2.85. The third-order valence-corrected chi connectivity index (χ3v) is 5.97. The number of aryl methyl sites for hydroxylation is 2. The van der Waals surface area contributed by atoms with Crippen LogP contribution in [0.5, 0.6) is 0 Å². The van der Waals surface area contributed by atoms with E-state index in [1.54, 1.807) is 6.92 Å². The molecule has 8 heteroatoms. The maximum atomic E-state index is 12.2. The molecule has 124 valence electrons. The Balaban J connectivity index is 1.92. The van der Waals surface area contributed by atoms with Crippen LogP contribution < -0.4 is 5.32 Å². The molecule has 0 saturated carbocycles. The molecule has 1 aromatic rings. The van der Waals surface area contributed by atoms with Crippen LogP contribution in [0.25, 0.3) is 0 Å². The van der Waals surface area contributed by atoms with Crippen LogP contribution in [0, 0.1) is 19.8 Å². The highest BCUT2D eigenvalue weighted by molar-refractivity contribution is 7.89. The van der Waals surface area contributed by atoms with Crippen molar-refractivity contribution in [3.8, 4) is 0 Å². The Morgan fingerprint density at radius 2 is 2.18 bits per heavy atom. The van der Waals surface area contributed by atoms with Crippen molar-refractivity contribution in [1.29, 1.82) is 0 Å². The van der Waals surface area contributed by atoms with Crippen LogP contribution in [-0.2, 0) is 21.4 Å². The Labute approximate surface area is 131 Å². The minimum atomic E-state index is -3.22. The molecule has 0 aromatic carbocycles. The molecule has 1 saturated heterocycles. The maximum absolute atomic E-state index is 12.2. The van der Waals surface area contributed by atoms with Crippen LogP contribution in [0.4, 0.5) is 0 Å². The zero-order valence-corrected chi connectivity index (χ0v) is 14.2. The SMILES string of the molecule is CCS(=O)(=O)N1CCCC(C(=O)NCc2nc(C)c(C)[nH]2)C1. The average Bonchev–Trinajstić information content (AvgIpc) is 2.83. The maximum Gasteiger partial charge on any atom is 0.224 e. The molecule has 7 nitrogen and oxygen atoms in total. The quantitative estimate of drug-likeness (QED) is 0.832. The monoisotopic (exact) mass is 328 g/mol. The summed E-state index contributed by atoms with van der Waals surface area (Å²) in [5.41, 5.74) is 1.91. The fraction of sp³-hybridized carbons (Fsp3) is 0.714. The summed E-state index contributed by atoms with van der Waals surface area (Å²) in [4.78, 5) is 19.7. The minimum Gasteiger partial charge on any atom is -0.349 e. The average molecular weight is 328 g/mol. The minimum absolute atomic E-state index is 0.0757. The summed E-state index contributed by atoms with van der Waals surface area (Å²) >= 11 is 0. The van der Waals surface area contributed by atoms with E-state index < -0.39 is 10.0 Å². The highest BCUT2D eigenvalue weighted by Gasteiger charge is 2.31. The van der Waals surface area contributed by atoms with Crippen molar-refractivity contribution in [1.82, 2.24) is 19.6 Å². The molecule has 2 N–H and O–H groups in total. The second-order valence-electron chi connectivity index (χ2n) is 5.71. The lowest BCUT2D eigenvalue weighted by molar-refractivity contribution is -0.126. The van der Waals surface area contributed by atoms with Crippen molar-refractivity contribution in [3.05, 3.63) is 17.2 Å². The Kier molecular flexibility index (Phi) is 5.23. The fourth-order valence-corrected chi connectivity index (χ4v) is 3.79. The van der Waals surface area contributed by atoms with Gasteiger partial charge in [-0.25, -0.2) is 17.7 Å². The summed E-state index contributed by atoms with van der Waals surface area (Å²) in [6, 6.07) is 0. The van der Waals surface area contributed by atoms with E-state index in [1.807, 2.05) is 13.8 Å². The number of carbonyl (C=O) groups excluding carboxylic acids is 1. The molecule has 0 radical (unpaired) electrons. The number of imidazole rings is 1. The first-order valence-corrected chi connectivity index (χ1v) is 9.22. The topological polar surface area (TPSA) is 95.2 Å². The number of amides is 1. The van der Waals surface area contributed by atoms with Crippen molar-refractivity contribution in [2.24, 2.45) is 5.92 Å². The van der Waals surface area contributed by atoms with E-state index in [4.69, 9.17) is 0 Å². The third-order valence-electron chi connectivity index (χ3n) is 4.12. The van der Waals surface area contributed by atoms with Crippen molar-refractivity contribution in [3.63, 3.8) is 0 Å².